The van der Waals surface area contributed by atoms with Gasteiger partial charge >= 0.3 is 0 Å². The fraction of sp³-hybridized carbons (Fsp3) is 0.200. The highest BCUT2D eigenvalue weighted by molar-refractivity contribution is 7.18. The highest BCUT2D eigenvalue weighted by atomic mass is 32.1. The smallest absolute Gasteiger partial charge is 0.253 e. The van der Waals surface area contributed by atoms with Crippen LogP contribution in [0.15, 0.2) is 59.0 Å². The van der Waals surface area contributed by atoms with Crippen LogP contribution >= 0.6 is 11.3 Å². The number of rotatable bonds is 8. The highest BCUT2D eigenvalue weighted by Gasteiger charge is 2.10. The summed E-state index contributed by atoms with van der Waals surface area (Å²) in [4.78, 5) is 16.6. The summed E-state index contributed by atoms with van der Waals surface area (Å²) in [5, 5.41) is 11.7. The second-order valence-corrected chi connectivity index (χ2v) is 7.16. The van der Waals surface area contributed by atoms with Crippen LogP contribution in [0.5, 0.6) is 5.75 Å². The third-order valence-electron chi connectivity index (χ3n) is 3.96. The number of aromatic nitrogens is 3. The van der Waals surface area contributed by atoms with Crippen molar-refractivity contribution in [3.63, 3.8) is 0 Å². The SMILES string of the molecule is O=C(CCc1nnc(COc2ccccc2)o1)NCc1nc2ccccc2s1. The Morgan fingerprint density at radius 3 is 2.68 bits per heavy atom. The number of carbonyl (C=O) groups excluding carboxylic acids is 1. The Bertz CT molecular complexity index is 1030. The Balaban J connectivity index is 1.22. The number of aryl methyl sites for hydroxylation is 1. The minimum absolute atomic E-state index is 0.0838. The third kappa shape index (κ3) is 4.72. The van der Waals surface area contributed by atoms with E-state index >= 15 is 0 Å². The van der Waals surface area contributed by atoms with E-state index in [-0.39, 0.29) is 18.9 Å². The minimum Gasteiger partial charge on any atom is -0.484 e. The van der Waals surface area contributed by atoms with Crippen molar-refractivity contribution in [3.8, 4) is 5.75 Å². The summed E-state index contributed by atoms with van der Waals surface area (Å²) >= 11 is 1.58. The van der Waals surface area contributed by atoms with E-state index in [9.17, 15) is 4.79 Å². The van der Waals surface area contributed by atoms with Crippen molar-refractivity contribution < 1.29 is 13.9 Å². The van der Waals surface area contributed by atoms with Gasteiger partial charge in [-0.1, -0.05) is 30.3 Å². The van der Waals surface area contributed by atoms with Gasteiger partial charge in [0.05, 0.1) is 16.8 Å². The zero-order chi connectivity index (χ0) is 19.2. The van der Waals surface area contributed by atoms with Gasteiger partial charge in [0, 0.05) is 12.8 Å². The molecule has 0 aliphatic rings. The molecule has 8 heteroatoms. The number of hydrogen-bond acceptors (Lipinski definition) is 7. The van der Waals surface area contributed by atoms with E-state index in [1.54, 1.807) is 11.3 Å². The van der Waals surface area contributed by atoms with Gasteiger partial charge in [0.15, 0.2) is 6.61 Å². The summed E-state index contributed by atoms with van der Waals surface area (Å²) in [5.74, 6) is 1.45. The molecular weight excluding hydrogens is 376 g/mol. The molecule has 0 fully saturated rings. The second-order valence-electron chi connectivity index (χ2n) is 6.04. The van der Waals surface area contributed by atoms with Gasteiger partial charge in [-0.25, -0.2) is 4.98 Å². The van der Waals surface area contributed by atoms with Crippen LogP contribution in [0.25, 0.3) is 10.2 Å². The summed E-state index contributed by atoms with van der Waals surface area (Å²) in [6.07, 6.45) is 0.649. The first-order chi connectivity index (χ1) is 13.8. The molecule has 0 atom stereocenters. The lowest BCUT2D eigenvalue weighted by atomic mass is 10.3. The maximum atomic E-state index is 12.1. The number of nitrogens with zero attached hydrogens (tertiary/aromatic N) is 3. The van der Waals surface area contributed by atoms with Crippen molar-refractivity contribution in [1.29, 1.82) is 0 Å². The lowest BCUT2D eigenvalue weighted by molar-refractivity contribution is -0.121. The molecule has 7 nitrogen and oxygen atoms in total. The van der Waals surface area contributed by atoms with Gasteiger partial charge in [0.25, 0.3) is 5.89 Å². The monoisotopic (exact) mass is 394 g/mol. The standard InChI is InChI=1S/C20H18N4O3S/c25-17(21-12-20-22-15-8-4-5-9-16(15)28-20)10-11-18-23-24-19(27-18)13-26-14-6-2-1-3-7-14/h1-9H,10-13H2,(H,21,25). The number of fused-ring (bicyclic) bond motifs is 1. The van der Waals surface area contributed by atoms with Crippen molar-refractivity contribution in [3.05, 3.63) is 71.4 Å². The first-order valence-corrected chi connectivity index (χ1v) is 9.68. The summed E-state index contributed by atoms with van der Waals surface area (Å²) in [6, 6.07) is 17.3. The number of thiazole rings is 1. The van der Waals surface area contributed by atoms with Gasteiger partial charge < -0.3 is 14.5 Å². The molecule has 1 N–H and O–H groups in total. The van der Waals surface area contributed by atoms with Crippen molar-refractivity contribution in [2.75, 3.05) is 0 Å². The number of hydrogen-bond donors (Lipinski definition) is 1. The van der Waals surface area contributed by atoms with Gasteiger partial charge in [-0.2, -0.15) is 0 Å². The predicted octanol–water partition coefficient (Wildman–Crippen LogP) is 3.51. The Kier molecular flexibility index (Phi) is 5.58. The van der Waals surface area contributed by atoms with E-state index in [0.717, 1.165) is 21.0 Å². The molecule has 0 aliphatic heterocycles. The van der Waals surface area contributed by atoms with Gasteiger partial charge in [-0.05, 0) is 24.3 Å². The molecule has 0 unspecified atom stereocenters. The Morgan fingerprint density at radius 1 is 1.04 bits per heavy atom. The summed E-state index contributed by atoms with van der Waals surface area (Å²) in [7, 11) is 0. The van der Waals surface area contributed by atoms with E-state index in [1.165, 1.54) is 0 Å². The van der Waals surface area contributed by atoms with E-state index in [2.05, 4.69) is 20.5 Å². The van der Waals surface area contributed by atoms with Gasteiger partial charge in [0.2, 0.25) is 11.8 Å². The number of benzene rings is 2. The van der Waals surface area contributed by atoms with E-state index in [1.807, 2.05) is 54.6 Å². The molecule has 4 rings (SSSR count). The van der Waals surface area contributed by atoms with Crippen LogP contribution in [0.3, 0.4) is 0 Å². The number of amides is 1. The van der Waals surface area contributed by atoms with E-state index in [0.29, 0.717) is 24.7 Å². The number of carbonyl (C=O) groups is 1. The van der Waals surface area contributed by atoms with Crippen molar-refractivity contribution in [1.82, 2.24) is 20.5 Å². The van der Waals surface area contributed by atoms with Crippen LogP contribution in [-0.2, 0) is 24.4 Å². The Morgan fingerprint density at radius 2 is 1.82 bits per heavy atom. The molecule has 28 heavy (non-hydrogen) atoms. The molecule has 4 aromatic rings. The molecule has 0 radical (unpaired) electrons. The minimum atomic E-state index is -0.0838. The zero-order valence-electron chi connectivity index (χ0n) is 15.0. The third-order valence-corrected chi connectivity index (χ3v) is 4.99. The van der Waals surface area contributed by atoms with E-state index < -0.39 is 0 Å². The Labute approximate surface area is 165 Å². The van der Waals surface area contributed by atoms with Gasteiger partial charge in [0.1, 0.15) is 10.8 Å². The zero-order valence-corrected chi connectivity index (χ0v) is 15.8. The van der Waals surface area contributed by atoms with Gasteiger partial charge in [-0.3, -0.25) is 4.79 Å². The maximum absolute atomic E-state index is 12.1. The molecule has 2 heterocycles. The first-order valence-electron chi connectivity index (χ1n) is 8.86. The van der Waals surface area contributed by atoms with Crippen LogP contribution in [-0.4, -0.2) is 21.1 Å². The Hall–Kier alpha value is -3.26. The lowest BCUT2D eigenvalue weighted by Crippen LogP contribution is -2.22. The van der Waals surface area contributed by atoms with E-state index in [4.69, 9.17) is 9.15 Å². The topological polar surface area (TPSA) is 90.1 Å². The average molecular weight is 394 g/mol. The summed E-state index contributed by atoms with van der Waals surface area (Å²) < 4.78 is 12.2. The molecule has 1 amide bonds. The fourth-order valence-corrected chi connectivity index (χ4v) is 3.50. The number of nitrogens with one attached hydrogen (secondary N) is 1. The summed E-state index contributed by atoms with van der Waals surface area (Å²) in [5.41, 5.74) is 0.952. The molecule has 0 saturated carbocycles. The van der Waals surface area contributed by atoms with Gasteiger partial charge in [-0.15, -0.1) is 21.5 Å². The molecule has 0 spiro atoms. The molecule has 2 aromatic carbocycles. The molecule has 0 saturated heterocycles. The maximum Gasteiger partial charge on any atom is 0.253 e. The van der Waals surface area contributed by atoms with Crippen LogP contribution in [0, 0.1) is 0 Å². The van der Waals surface area contributed by atoms with Crippen LogP contribution in [0.1, 0.15) is 23.2 Å². The van der Waals surface area contributed by atoms with Crippen molar-refractivity contribution in [2.24, 2.45) is 0 Å². The molecule has 0 bridgehead atoms. The summed E-state index contributed by atoms with van der Waals surface area (Å²) in [6.45, 7) is 0.610. The highest BCUT2D eigenvalue weighted by Crippen LogP contribution is 2.21. The normalized spacial score (nSPS) is 10.9. The molecule has 0 aliphatic carbocycles. The lowest BCUT2D eigenvalue weighted by Gasteiger charge is -2.02. The van der Waals surface area contributed by atoms with Crippen LogP contribution < -0.4 is 10.1 Å². The molecule has 2 aromatic heterocycles. The predicted molar refractivity (Wildman–Crippen MR) is 105 cm³/mol. The average Bonchev–Trinajstić information content (AvgIpc) is 3.36. The van der Waals surface area contributed by atoms with Crippen molar-refractivity contribution >= 4 is 27.5 Å². The second kappa shape index (κ2) is 8.62. The number of para-hydroxylation sites is 2. The first kappa shape index (κ1) is 18.1. The quantitative estimate of drug-likeness (QED) is 0.492. The fourth-order valence-electron chi connectivity index (χ4n) is 2.59. The largest absolute Gasteiger partial charge is 0.484 e. The van der Waals surface area contributed by atoms with Crippen molar-refractivity contribution in [2.45, 2.75) is 26.0 Å². The number of ether oxygens (including phenoxy) is 1. The van der Waals surface area contributed by atoms with Crippen LogP contribution in [0.2, 0.25) is 0 Å². The van der Waals surface area contributed by atoms with Crippen LogP contribution in [0.4, 0.5) is 0 Å². The molecule has 142 valence electrons. The molecular formula is C20H18N4O3S.